The van der Waals surface area contributed by atoms with Gasteiger partial charge in [-0.25, -0.2) is 0 Å². The smallest absolute Gasteiger partial charge is 0.224 e. The van der Waals surface area contributed by atoms with Gasteiger partial charge in [0.25, 0.3) is 0 Å². The molecule has 5 nitrogen and oxygen atoms in total. The lowest BCUT2D eigenvalue weighted by atomic mass is 10.2. The summed E-state index contributed by atoms with van der Waals surface area (Å²) >= 11 is 0. The zero-order valence-electron chi connectivity index (χ0n) is 13.5. The second-order valence-corrected chi connectivity index (χ2v) is 4.92. The predicted octanol–water partition coefficient (Wildman–Crippen LogP) is 1.78. The summed E-state index contributed by atoms with van der Waals surface area (Å²) in [5, 5.41) is 6.24. The van der Waals surface area contributed by atoms with Crippen molar-refractivity contribution in [3.63, 3.8) is 0 Å². The van der Waals surface area contributed by atoms with E-state index in [1.54, 1.807) is 11.0 Å². The molecule has 0 aliphatic carbocycles. The molecule has 120 valence electrons. The van der Waals surface area contributed by atoms with Crippen LogP contribution in [0.4, 0.5) is 0 Å². The maximum absolute atomic E-state index is 12.1. The summed E-state index contributed by atoms with van der Waals surface area (Å²) in [5.41, 5.74) is 1.13. The van der Waals surface area contributed by atoms with Gasteiger partial charge < -0.3 is 15.5 Å². The summed E-state index contributed by atoms with van der Waals surface area (Å²) in [4.78, 5) is 18.2. The lowest BCUT2D eigenvalue weighted by Gasteiger charge is -2.17. The summed E-state index contributed by atoms with van der Waals surface area (Å²) in [7, 11) is 1.82. The lowest BCUT2D eigenvalue weighted by Crippen LogP contribution is -2.37. The van der Waals surface area contributed by atoms with E-state index < -0.39 is 0 Å². The molecule has 0 heterocycles. The third kappa shape index (κ3) is 6.92. The van der Waals surface area contributed by atoms with Gasteiger partial charge in [0.1, 0.15) is 0 Å². The van der Waals surface area contributed by atoms with Crippen molar-refractivity contribution in [1.29, 1.82) is 0 Å². The summed E-state index contributed by atoms with van der Waals surface area (Å²) < 4.78 is 0. The molecular formula is C17H26N4O. The van der Waals surface area contributed by atoms with Gasteiger partial charge in [0.15, 0.2) is 5.96 Å². The Hall–Kier alpha value is -2.30. The Morgan fingerprint density at radius 3 is 2.68 bits per heavy atom. The third-order valence-corrected chi connectivity index (χ3v) is 3.04. The molecule has 0 spiro atoms. The van der Waals surface area contributed by atoms with Crippen LogP contribution in [0.25, 0.3) is 0 Å². The quantitative estimate of drug-likeness (QED) is 0.437. The monoisotopic (exact) mass is 302 g/mol. The molecule has 0 atom stereocenters. The van der Waals surface area contributed by atoms with Gasteiger partial charge in [-0.15, -0.1) is 6.58 Å². The number of aliphatic imine (C=N–C) groups is 1. The highest BCUT2D eigenvalue weighted by atomic mass is 16.2. The summed E-state index contributed by atoms with van der Waals surface area (Å²) in [6, 6.07) is 9.96. The molecule has 1 amide bonds. The maximum Gasteiger partial charge on any atom is 0.224 e. The standard InChI is InChI=1S/C17H26N4O/c1-4-12-19-17(18-5-2)20-13-11-16(22)21(3)14-15-9-7-6-8-10-15/h4,6-10H,1,5,11-14H2,2-3H3,(H2,18,19,20). The lowest BCUT2D eigenvalue weighted by molar-refractivity contribution is -0.130. The summed E-state index contributed by atoms with van der Waals surface area (Å²) in [5.74, 6) is 0.799. The Morgan fingerprint density at radius 1 is 1.32 bits per heavy atom. The van der Waals surface area contributed by atoms with E-state index in [-0.39, 0.29) is 5.91 Å². The molecule has 2 N–H and O–H groups in total. The summed E-state index contributed by atoms with van der Waals surface area (Å²) in [6.45, 7) is 8.18. The number of carbonyl (C=O) groups excluding carboxylic acids is 1. The van der Waals surface area contributed by atoms with Crippen LogP contribution in [-0.4, -0.2) is 43.4 Å². The average Bonchev–Trinajstić information content (AvgIpc) is 2.53. The number of benzene rings is 1. The van der Waals surface area contributed by atoms with Gasteiger partial charge in [0.05, 0.1) is 6.54 Å². The molecule has 0 fully saturated rings. The van der Waals surface area contributed by atoms with Crippen LogP contribution >= 0.6 is 0 Å². The molecule has 0 saturated carbocycles. The minimum absolute atomic E-state index is 0.0900. The second kappa shape index (κ2) is 10.4. The van der Waals surface area contributed by atoms with Gasteiger partial charge in [-0.2, -0.15) is 0 Å². The van der Waals surface area contributed by atoms with Crippen molar-refractivity contribution in [1.82, 2.24) is 15.5 Å². The highest BCUT2D eigenvalue weighted by molar-refractivity contribution is 5.80. The number of carbonyl (C=O) groups is 1. The minimum Gasteiger partial charge on any atom is -0.357 e. The Bertz CT molecular complexity index is 485. The number of guanidine groups is 1. The van der Waals surface area contributed by atoms with Gasteiger partial charge in [0.2, 0.25) is 5.91 Å². The molecule has 0 aliphatic rings. The van der Waals surface area contributed by atoms with Crippen LogP contribution in [0.3, 0.4) is 0 Å². The van der Waals surface area contributed by atoms with Crippen molar-refractivity contribution >= 4 is 11.9 Å². The molecule has 0 aromatic heterocycles. The molecule has 1 rings (SSSR count). The van der Waals surface area contributed by atoms with E-state index in [2.05, 4.69) is 22.2 Å². The summed E-state index contributed by atoms with van der Waals surface area (Å²) in [6.07, 6.45) is 2.17. The van der Waals surface area contributed by atoms with Crippen LogP contribution in [0.2, 0.25) is 0 Å². The second-order valence-electron chi connectivity index (χ2n) is 4.92. The Morgan fingerprint density at radius 2 is 2.05 bits per heavy atom. The number of hydrogen-bond donors (Lipinski definition) is 2. The normalized spacial score (nSPS) is 10.9. The SMILES string of the molecule is C=CCNC(=NCCC(=O)N(C)Cc1ccccc1)NCC. The van der Waals surface area contributed by atoms with Gasteiger partial charge in [-0.05, 0) is 12.5 Å². The Kier molecular flexibility index (Phi) is 8.42. The van der Waals surface area contributed by atoms with E-state index in [9.17, 15) is 4.79 Å². The molecule has 0 bridgehead atoms. The molecule has 0 saturated heterocycles. The number of amides is 1. The fourth-order valence-electron chi connectivity index (χ4n) is 1.91. The van der Waals surface area contributed by atoms with E-state index in [0.29, 0.717) is 32.0 Å². The van der Waals surface area contributed by atoms with E-state index in [0.717, 1.165) is 12.1 Å². The molecule has 1 aromatic rings. The first-order chi connectivity index (χ1) is 10.7. The van der Waals surface area contributed by atoms with Crippen LogP contribution in [0, 0.1) is 0 Å². The number of rotatable bonds is 8. The van der Waals surface area contributed by atoms with E-state index in [1.165, 1.54) is 0 Å². The number of nitrogens with zero attached hydrogens (tertiary/aromatic N) is 2. The highest BCUT2D eigenvalue weighted by Gasteiger charge is 2.08. The highest BCUT2D eigenvalue weighted by Crippen LogP contribution is 2.03. The van der Waals surface area contributed by atoms with Crippen LogP contribution in [0.1, 0.15) is 18.9 Å². The molecule has 22 heavy (non-hydrogen) atoms. The van der Waals surface area contributed by atoms with Crippen LogP contribution < -0.4 is 10.6 Å². The first-order valence-electron chi connectivity index (χ1n) is 7.58. The molecular weight excluding hydrogens is 276 g/mol. The van der Waals surface area contributed by atoms with Crippen molar-refractivity contribution < 1.29 is 4.79 Å². The van der Waals surface area contributed by atoms with Crippen LogP contribution in [-0.2, 0) is 11.3 Å². The van der Waals surface area contributed by atoms with Crippen molar-refractivity contribution in [2.75, 3.05) is 26.7 Å². The maximum atomic E-state index is 12.1. The zero-order chi connectivity index (χ0) is 16.2. The van der Waals surface area contributed by atoms with E-state index in [1.807, 2.05) is 44.3 Å². The molecule has 0 unspecified atom stereocenters. The Balaban J connectivity index is 2.41. The molecule has 0 aliphatic heterocycles. The average molecular weight is 302 g/mol. The van der Waals surface area contributed by atoms with Gasteiger partial charge in [0, 0.05) is 33.1 Å². The van der Waals surface area contributed by atoms with Gasteiger partial charge >= 0.3 is 0 Å². The van der Waals surface area contributed by atoms with Crippen LogP contribution in [0.15, 0.2) is 48.0 Å². The van der Waals surface area contributed by atoms with Crippen molar-refractivity contribution in [3.8, 4) is 0 Å². The number of hydrogen-bond acceptors (Lipinski definition) is 2. The number of nitrogens with one attached hydrogen (secondary N) is 2. The molecule has 1 aromatic carbocycles. The van der Waals surface area contributed by atoms with Crippen molar-refractivity contribution in [2.24, 2.45) is 4.99 Å². The van der Waals surface area contributed by atoms with E-state index >= 15 is 0 Å². The Labute approximate surface area is 133 Å². The van der Waals surface area contributed by atoms with Crippen molar-refractivity contribution in [2.45, 2.75) is 19.9 Å². The fourth-order valence-corrected chi connectivity index (χ4v) is 1.91. The third-order valence-electron chi connectivity index (χ3n) is 3.04. The minimum atomic E-state index is 0.0900. The topological polar surface area (TPSA) is 56.7 Å². The molecule has 5 heteroatoms. The largest absolute Gasteiger partial charge is 0.357 e. The van der Waals surface area contributed by atoms with Gasteiger partial charge in [-0.3, -0.25) is 9.79 Å². The van der Waals surface area contributed by atoms with Gasteiger partial charge in [-0.1, -0.05) is 36.4 Å². The van der Waals surface area contributed by atoms with Crippen molar-refractivity contribution in [3.05, 3.63) is 48.6 Å². The predicted molar refractivity (Wildman–Crippen MR) is 91.7 cm³/mol. The fraction of sp³-hybridized carbons (Fsp3) is 0.412. The molecule has 0 radical (unpaired) electrons. The van der Waals surface area contributed by atoms with Crippen LogP contribution in [0.5, 0.6) is 0 Å². The van der Waals surface area contributed by atoms with E-state index in [4.69, 9.17) is 0 Å². The first-order valence-corrected chi connectivity index (χ1v) is 7.58. The zero-order valence-corrected chi connectivity index (χ0v) is 13.5. The first kappa shape index (κ1) is 17.8.